The van der Waals surface area contributed by atoms with Gasteiger partial charge in [-0.25, -0.2) is 9.97 Å². The lowest BCUT2D eigenvalue weighted by Gasteiger charge is -2.34. The van der Waals surface area contributed by atoms with E-state index in [1.807, 2.05) is 0 Å². The van der Waals surface area contributed by atoms with Gasteiger partial charge < -0.3 is 10.2 Å². The van der Waals surface area contributed by atoms with E-state index in [2.05, 4.69) is 47.1 Å². The Morgan fingerprint density at radius 2 is 1.95 bits per heavy atom. The molecule has 1 saturated carbocycles. The summed E-state index contributed by atoms with van der Waals surface area (Å²) in [5.41, 5.74) is 1.11. The van der Waals surface area contributed by atoms with Gasteiger partial charge in [0.1, 0.15) is 12.1 Å². The Hall–Kier alpha value is -1.16. The van der Waals surface area contributed by atoms with Gasteiger partial charge in [0.15, 0.2) is 0 Å². The van der Waals surface area contributed by atoms with Gasteiger partial charge in [0, 0.05) is 23.8 Å². The van der Waals surface area contributed by atoms with Crippen LogP contribution in [0.2, 0.25) is 0 Å². The average Bonchev–Trinajstić information content (AvgIpc) is 2.47. The molecule has 0 atom stereocenters. The normalized spacial score (nSPS) is 23.6. The predicted octanol–water partition coefficient (Wildman–Crippen LogP) is 2.71. The summed E-state index contributed by atoms with van der Waals surface area (Å²) < 4.78 is 0. The largest absolute Gasteiger partial charge is 0.367 e. The van der Waals surface area contributed by atoms with Crippen LogP contribution in [0, 0.1) is 0 Å². The highest BCUT2D eigenvalue weighted by molar-refractivity contribution is 5.36. The molecule has 1 aromatic rings. The lowest BCUT2D eigenvalue weighted by Crippen LogP contribution is -2.38. The molecule has 1 aliphatic rings. The molecule has 0 unspecified atom stereocenters. The fraction of sp³-hybridized carbons (Fsp3) is 0.733. The van der Waals surface area contributed by atoms with E-state index in [-0.39, 0.29) is 0 Å². The SMILES string of the molecule is CCc1cc(N[C@H]2CC[C@H](N(C)CC)CC2)ncn1. The molecule has 0 bridgehead atoms. The highest BCUT2D eigenvalue weighted by Gasteiger charge is 2.23. The fourth-order valence-electron chi connectivity index (χ4n) is 2.80. The first-order valence-corrected chi connectivity index (χ1v) is 7.50. The Balaban J connectivity index is 1.85. The zero-order valence-corrected chi connectivity index (χ0v) is 12.4. The van der Waals surface area contributed by atoms with E-state index in [1.54, 1.807) is 6.33 Å². The number of hydrogen-bond donors (Lipinski definition) is 1. The van der Waals surface area contributed by atoms with E-state index >= 15 is 0 Å². The topological polar surface area (TPSA) is 41.0 Å². The molecule has 0 amide bonds. The van der Waals surface area contributed by atoms with Crippen molar-refractivity contribution in [2.75, 3.05) is 18.9 Å². The lowest BCUT2D eigenvalue weighted by molar-refractivity contribution is 0.194. The third-order valence-electron chi connectivity index (χ3n) is 4.26. The first-order valence-electron chi connectivity index (χ1n) is 7.50. The Morgan fingerprint density at radius 1 is 1.21 bits per heavy atom. The van der Waals surface area contributed by atoms with Crippen LogP contribution in [0.4, 0.5) is 5.82 Å². The predicted molar refractivity (Wildman–Crippen MR) is 79.4 cm³/mol. The Morgan fingerprint density at radius 3 is 2.58 bits per heavy atom. The number of hydrogen-bond acceptors (Lipinski definition) is 4. The first-order chi connectivity index (χ1) is 9.22. The Bertz CT molecular complexity index is 385. The summed E-state index contributed by atoms with van der Waals surface area (Å²) in [6.07, 6.45) is 7.67. The van der Waals surface area contributed by atoms with Crippen LogP contribution >= 0.6 is 0 Å². The van der Waals surface area contributed by atoms with E-state index in [0.717, 1.165) is 30.5 Å². The van der Waals surface area contributed by atoms with Gasteiger partial charge >= 0.3 is 0 Å². The summed E-state index contributed by atoms with van der Waals surface area (Å²) in [6, 6.07) is 3.41. The number of aryl methyl sites for hydroxylation is 1. The summed E-state index contributed by atoms with van der Waals surface area (Å²) in [5.74, 6) is 0.985. The van der Waals surface area contributed by atoms with Crippen LogP contribution in [-0.4, -0.2) is 40.5 Å². The maximum atomic E-state index is 4.32. The number of nitrogens with zero attached hydrogens (tertiary/aromatic N) is 3. The van der Waals surface area contributed by atoms with Gasteiger partial charge in [0.05, 0.1) is 0 Å². The zero-order valence-electron chi connectivity index (χ0n) is 12.4. The van der Waals surface area contributed by atoms with Gasteiger partial charge in [-0.2, -0.15) is 0 Å². The summed E-state index contributed by atoms with van der Waals surface area (Å²) in [6.45, 7) is 5.50. The molecule has 1 N–H and O–H groups in total. The van der Waals surface area contributed by atoms with Crippen molar-refractivity contribution in [2.45, 2.75) is 58.0 Å². The van der Waals surface area contributed by atoms with Crippen molar-refractivity contribution in [3.8, 4) is 0 Å². The molecular formula is C15H26N4. The van der Waals surface area contributed by atoms with Gasteiger partial charge in [-0.15, -0.1) is 0 Å². The molecule has 1 fully saturated rings. The van der Waals surface area contributed by atoms with E-state index in [4.69, 9.17) is 0 Å². The number of nitrogens with one attached hydrogen (secondary N) is 1. The molecule has 0 aromatic carbocycles. The van der Waals surface area contributed by atoms with E-state index in [1.165, 1.54) is 25.7 Å². The van der Waals surface area contributed by atoms with Crippen LogP contribution in [0.1, 0.15) is 45.2 Å². The fourth-order valence-corrected chi connectivity index (χ4v) is 2.80. The van der Waals surface area contributed by atoms with Crippen molar-refractivity contribution in [1.82, 2.24) is 14.9 Å². The third-order valence-corrected chi connectivity index (χ3v) is 4.26. The summed E-state index contributed by atoms with van der Waals surface area (Å²) in [4.78, 5) is 11.0. The molecule has 1 aliphatic carbocycles. The standard InChI is InChI=1S/C15H26N4/c1-4-12-10-15(17-11-16-12)18-13-6-8-14(9-7-13)19(3)5-2/h10-11,13-14H,4-9H2,1-3H3,(H,16,17,18)/t13-,14-. The summed E-state index contributed by atoms with van der Waals surface area (Å²) in [7, 11) is 2.23. The summed E-state index contributed by atoms with van der Waals surface area (Å²) in [5, 5.41) is 3.56. The van der Waals surface area contributed by atoms with Crippen LogP contribution in [0.3, 0.4) is 0 Å². The molecule has 106 valence electrons. The van der Waals surface area contributed by atoms with Gasteiger partial charge in [-0.1, -0.05) is 13.8 Å². The third kappa shape index (κ3) is 3.90. The monoisotopic (exact) mass is 262 g/mol. The van der Waals surface area contributed by atoms with Gasteiger partial charge in [-0.05, 0) is 45.7 Å². The number of aromatic nitrogens is 2. The van der Waals surface area contributed by atoms with Crippen LogP contribution < -0.4 is 5.32 Å². The Kier molecular flexibility index (Phi) is 5.14. The van der Waals surface area contributed by atoms with E-state index < -0.39 is 0 Å². The number of anilines is 1. The second-order valence-corrected chi connectivity index (χ2v) is 5.47. The Labute approximate surface area is 116 Å². The van der Waals surface area contributed by atoms with E-state index in [0.29, 0.717) is 6.04 Å². The maximum Gasteiger partial charge on any atom is 0.129 e. The highest BCUT2D eigenvalue weighted by atomic mass is 15.1. The average molecular weight is 262 g/mol. The molecule has 0 aliphatic heterocycles. The van der Waals surface area contributed by atoms with Crippen molar-refractivity contribution >= 4 is 5.82 Å². The number of rotatable bonds is 5. The van der Waals surface area contributed by atoms with E-state index in [9.17, 15) is 0 Å². The minimum atomic E-state index is 0.570. The smallest absolute Gasteiger partial charge is 0.129 e. The molecule has 1 heterocycles. The van der Waals surface area contributed by atoms with Gasteiger partial charge in [-0.3, -0.25) is 0 Å². The first kappa shape index (κ1) is 14.3. The summed E-state index contributed by atoms with van der Waals surface area (Å²) >= 11 is 0. The molecule has 0 spiro atoms. The minimum absolute atomic E-state index is 0.570. The quantitative estimate of drug-likeness (QED) is 0.886. The lowest BCUT2D eigenvalue weighted by atomic mass is 9.90. The second-order valence-electron chi connectivity index (χ2n) is 5.47. The van der Waals surface area contributed by atoms with Crippen LogP contribution in [0.15, 0.2) is 12.4 Å². The van der Waals surface area contributed by atoms with Crippen molar-refractivity contribution in [3.05, 3.63) is 18.1 Å². The molecule has 4 heteroatoms. The zero-order chi connectivity index (χ0) is 13.7. The highest BCUT2D eigenvalue weighted by Crippen LogP contribution is 2.24. The molecule has 19 heavy (non-hydrogen) atoms. The molecule has 4 nitrogen and oxygen atoms in total. The van der Waals surface area contributed by atoms with Crippen molar-refractivity contribution in [2.24, 2.45) is 0 Å². The van der Waals surface area contributed by atoms with Crippen LogP contribution in [0.5, 0.6) is 0 Å². The molecule has 0 radical (unpaired) electrons. The van der Waals surface area contributed by atoms with Crippen LogP contribution in [0.25, 0.3) is 0 Å². The molecule has 0 saturated heterocycles. The van der Waals surface area contributed by atoms with Crippen LogP contribution in [-0.2, 0) is 6.42 Å². The van der Waals surface area contributed by atoms with Gasteiger partial charge in [0.25, 0.3) is 0 Å². The van der Waals surface area contributed by atoms with Gasteiger partial charge in [0.2, 0.25) is 0 Å². The molecule has 2 rings (SSSR count). The van der Waals surface area contributed by atoms with Crippen molar-refractivity contribution < 1.29 is 0 Å². The van der Waals surface area contributed by atoms with Crippen molar-refractivity contribution in [3.63, 3.8) is 0 Å². The second kappa shape index (κ2) is 6.85. The molecular weight excluding hydrogens is 236 g/mol. The minimum Gasteiger partial charge on any atom is -0.367 e. The van der Waals surface area contributed by atoms with Crippen molar-refractivity contribution in [1.29, 1.82) is 0 Å². The maximum absolute atomic E-state index is 4.32. The molecule has 1 aromatic heterocycles.